The molecule has 0 radical (unpaired) electrons. The van der Waals surface area contributed by atoms with Gasteiger partial charge in [0.1, 0.15) is 10.1 Å². The van der Waals surface area contributed by atoms with E-state index in [2.05, 4.69) is 69.3 Å². The fourth-order valence-electron chi connectivity index (χ4n) is 3.44. The van der Waals surface area contributed by atoms with Gasteiger partial charge in [-0.1, -0.05) is 61.4 Å². The minimum Gasteiger partial charge on any atom is -0.744 e. The van der Waals surface area contributed by atoms with Crippen molar-refractivity contribution in [2.24, 2.45) is 5.92 Å². The van der Waals surface area contributed by atoms with E-state index in [0.717, 1.165) is 11.5 Å². The minimum absolute atomic E-state index is 0.0179. The first-order chi connectivity index (χ1) is 14.5. The van der Waals surface area contributed by atoms with Crippen LogP contribution in [0, 0.1) is 40.8 Å². The quantitative estimate of drug-likeness (QED) is 0.363. The van der Waals surface area contributed by atoms with Crippen LogP contribution in [-0.2, 0) is 16.5 Å². The average molecular weight is 551 g/mol. The van der Waals surface area contributed by atoms with Gasteiger partial charge in [-0.25, -0.2) is 8.42 Å². The molecule has 0 aliphatic carbocycles. The molecule has 0 fully saturated rings. The largest absolute Gasteiger partial charge is 0.744 e. The normalized spacial score (nSPS) is 11.2. The summed E-state index contributed by atoms with van der Waals surface area (Å²) in [5, 5.41) is 0. The third-order valence-corrected chi connectivity index (χ3v) is 8.47. The molecule has 31 heavy (non-hydrogen) atoms. The van der Waals surface area contributed by atoms with Crippen molar-refractivity contribution in [2.75, 3.05) is 0 Å². The second-order valence-electron chi connectivity index (χ2n) is 8.30. The van der Waals surface area contributed by atoms with E-state index in [1.54, 1.807) is 26.0 Å². The van der Waals surface area contributed by atoms with E-state index in [9.17, 15) is 13.0 Å². The number of hydrogen-bond acceptors (Lipinski definition) is 3. The van der Waals surface area contributed by atoms with Gasteiger partial charge in [0, 0.05) is 0 Å². The van der Waals surface area contributed by atoms with Crippen LogP contribution >= 0.6 is 0 Å². The third-order valence-electron chi connectivity index (χ3n) is 4.64. The summed E-state index contributed by atoms with van der Waals surface area (Å²) in [6, 6.07) is 21.6. The predicted octanol–water partition coefficient (Wildman–Crippen LogP) is 2.84. The molecule has 0 heterocycles. The Kier molecular flexibility index (Phi) is 9.28. The second-order valence-corrected chi connectivity index (χ2v) is 12.6. The topological polar surface area (TPSA) is 57.2 Å². The zero-order valence-corrected chi connectivity index (χ0v) is 22.0. The van der Waals surface area contributed by atoms with E-state index >= 15 is 0 Å². The SMILES string of the molecule is Cc1cc(C)c(S(=O)(=O)[O-])c(C)c1.Cc1ccc([I+]c2ccc(CC(C)C)cc2)cc1. The van der Waals surface area contributed by atoms with Crippen LogP contribution in [-0.4, -0.2) is 13.0 Å². The summed E-state index contributed by atoms with van der Waals surface area (Å²) in [5.41, 5.74) is 4.80. The van der Waals surface area contributed by atoms with Gasteiger partial charge in [-0.05, 0) is 81.0 Å². The fraction of sp³-hybridized carbons (Fsp3) is 0.308. The standard InChI is InChI=1S/C17H20I.C9H12O3S/c1-13(2)12-15-6-10-17(11-7-15)18-16-8-4-14(3)5-9-16;1-6-4-7(2)9(8(3)5-6)13(10,11)12/h4-11,13H,12H2,1-3H3;4-5H,1-3H3,(H,10,11,12)/q+1;/p-1. The van der Waals surface area contributed by atoms with Crippen molar-refractivity contribution in [1.29, 1.82) is 0 Å². The Morgan fingerprint density at radius 1 is 0.774 bits per heavy atom. The summed E-state index contributed by atoms with van der Waals surface area (Å²) in [5.74, 6) is 0.739. The van der Waals surface area contributed by atoms with Gasteiger partial charge in [-0.3, -0.25) is 0 Å². The molecule has 0 saturated heterocycles. The maximum absolute atomic E-state index is 10.8. The van der Waals surface area contributed by atoms with Gasteiger partial charge < -0.3 is 4.55 Å². The summed E-state index contributed by atoms with van der Waals surface area (Å²) in [7, 11) is -4.33. The molecule has 3 nitrogen and oxygen atoms in total. The molecule has 3 rings (SSSR count). The lowest BCUT2D eigenvalue weighted by Gasteiger charge is -2.14. The van der Waals surface area contributed by atoms with Gasteiger partial charge in [-0.15, -0.1) is 0 Å². The zero-order valence-electron chi connectivity index (χ0n) is 19.1. The van der Waals surface area contributed by atoms with Gasteiger partial charge in [-0.2, -0.15) is 0 Å². The molecule has 0 unspecified atom stereocenters. The first-order valence-corrected chi connectivity index (χ1v) is 13.9. The Hall–Kier alpha value is -1.70. The van der Waals surface area contributed by atoms with E-state index in [-0.39, 0.29) is 26.1 Å². The molecule has 166 valence electrons. The van der Waals surface area contributed by atoms with Crippen molar-refractivity contribution >= 4 is 10.1 Å². The maximum atomic E-state index is 10.8. The number of rotatable bonds is 5. The highest BCUT2D eigenvalue weighted by Crippen LogP contribution is 2.20. The minimum atomic E-state index is -4.33. The van der Waals surface area contributed by atoms with E-state index in [1.165, 1.54) is 24.7 Å². The van der Waals surface area contributed by atoms with Gasteiger partial charge in [0.15, 0.2) is 7.14 Å². The van der Waals surface area contributed by atoms with Crippen molar-refractivity contribution < 1.29 is 34.2 Å². The predicted molar refractivity (Wildman–Crippen MR) is 122 cm³/mol. The summed E-state index contributed by atoms with van der Waals surface area (Å²) in [6.45, 7) is 11.8. The van der Waals surface area contributed by atoms with Crippen molar-refractivity contribution in [3.05, 3.63) is 95.6 Å². The van der Waals surface area contributed by atoms with Gasteiger partial charge in [0.05, 0.1) is 4.90 Å². The summed E-state index contributed by atoms with van der Waals surface area (Å²) in [6.07, 6.45) is 1.18. The number of aryl methyl sites for hydroxylation is 4. The highest BCUT2D eigenvalue weighted by Gasteiger charge is 2.14. The van der Waals surface area contributed by atoms with Crippen LogP contribution in [0.15, 0.2) is 65.6 Å². The van der Waals surface area contributed by atoms with E-state index in [0.29, 0.717) is 11.1 Å². The lowest BCUT2D eigenvalue weighted by molar-refractivity contribution is -0.597. The van der Waals surface area contributed by atoms with Crippen LogP contribution in [0.1, 0.15) is 41.7 Å². The number of halogens is 1. The Labute approximate surface area is 197 Å². The summed E-state index contributed by atoms with van der Waals surface area (Å²) in [4.78, 5) is -0.0851. The molecular formula is C26H31IO3S. The van der Waals surface area contributed by atoms with Crippen LogP contribution in [0.5, 0.6) is 0 Å². The van der Waals surface area contributed by atoms with Crippen molar-refractivity contribution in [2.45, 2.75) is 52.9 Å². The highest BCUT2D eigenvalue weighted by atomic mass is 127. The van der Waals surface area contributed by atoms with Crippen molar-refractivity contribution in [3.63, 3.8) is 0 Å². The van der Waals surface area contributed by atoms with E-state index < -0.39 is 10.1 Å². The third kappa shape index (κ3) is 8.39. The first kappa shape index (κ1) is 25.6. The Morgan fingerprint density at radius 3 is 1.65 bits per heavy atom. The maximum Gasteiger partial charge on any atom is 0.357 e. The Balaban J connectivity index is 0.000000233. The zero-order chi connectivity index (χ0) is 23.2. The van der Waals surface area contributed by atoms with Crippen LogP contribution in [0.3, 0.4) is 0 Å². The van der Waals surface area contributed by atoms with Crippen LogP contribution in [0.2, 0.25) is 0 Å². The fourth-order valence-corrected chi connectivity index (χ4v) is 6.50. The summed E-state index contributed by atoms with van der Waals surface area (Å²) < 4.78 is 35.5. The van der Waals surface area contributed by atoms with Crippen molar-refractivity contribution in [3.8, 4) is 0 Å². The van der Waals surface area contributed by atoms with Crippen molar-refractivity contribution in [1.82, 2.24) is 0 Å². The Bertz CT molecular complexity index is 1080. The molecule has 0 aliphatic rings. The molecule has 0 aliphatic heterocycles. The van der Waals surface area contributed by atoms with Gasteiger partial charge in [0.2, 0.25) is 0 Å². The smallest absolute Gasteiger partial charge is 0.357 e. The molecule has 0 atom stereocenters. The number of hydrogen-bond donors (Lipinski definition) is 0. The molecule has 3 aromatic rings. The lowest BCUT2D eigenvalue weighted by atomic mass is 10.0. The van der Waals surface area contributed by atoms with E-state index in [1.807, 2.05) is 6.92 Å². The molecule has 0 N–H and O–H groups in total. The molecule has 0 aromatic heterocycles. The monoisotopic (exact) mass is 550 g/mol. The molecule has 0 spiro atoms. The molecule has 5 heteroatoms. The highest BCUT2D eigenvalue weighted by molar-refractivity contribution is 7.85. The van der Waals surface area contributed by atoms with Gasteiger partial charge >= 0.3 is 21.2 Å². The van der Waals surface area contributed by atoms with Crippen LogP contribution in [0.25, 0.3) is 0 Å². The molecule has 0 saturated carbocycles. The molecule has 0 bridgehead atoms. The van der Waals surface area contributed by atoms with Crippen LogP contribution < -0.4 is 21.2 Å². The average Bonchev–Trinajstić information content (AvgIpc) is 2.63. The molecule has 0 amide bonds. The van der Waals surface area contributed by atoms with Crippen LogP contribution in [0.4, 0.5) is 0 Å². The first-order valence-electron chi connectivity index (χ1n) is 10.3. The second kappa shape index (κ2) is 11.2. The lowest BCUT2D eigenvalue weighted by Crippen LogP contribution is -3.61. The Morgan fingerprint density at radius 2 is 1.23 bits per heavy atom. The van der Waals surface area contributed by atoms with E-state index in [4.69, 9.17) is 0 Å². The summed E-state index contributed by atoms with van der Waals surface area (Å²) >= 11 is -0.0179. The van der Waals surface area contributed by atoms with Gasteiger partial charge in [0.25, 0.3) is 0 Å². The number of benzene rings is 3. The molecular weight excluding hydrogens is 519 g/mol. The molecule has 3 aromatic carbocycles.